The number of hydrogen-bond donors (Lipinski definition) is 1. The van der Waals surface area contributed by atoms with Crippen molar-refractivity contribution < 1.29 is 14.6 Å². The van der Waals surface area contributed by atoms with Gasteiger partial charge in [0, 0.05) is 31.1 Å². The summed E-state index contributed by atoms with van der Waals surface area (Å²) in [6, 6.07) is 12.0. The van der Waals surface area contributed by atoms with E-state index in [1.165, 1.54) is 54.6 Å². The van der Waals surface area contributed by atoms with Crippen LogP contribution in [0.1, 0.15) is 85.0 Å². The van der Waals surface area contributed by atoms with Crippen LogP contribution in [-0.2, 0) is 28.8 Å². The van der Waals surface area contributed by atoms with Crippen LogP contribution in [0.5, 0.6) is 0 Å². The number of fused-ring (bicyclic) bond motifs is 1. The third-order valence-electron chi connectivity index (χ3n) is 7.50. The summed E-state index contributed by atoms with van der Waals surface area (Å²) in [5.74, 6) is -0.205. The maximum atomic E-state index is 12.2. The van der Waals surface area contributed by atoms with E-state index in [-0.39, 0.29) is 6.10 Å². The number of aromatic nitrogens is 1. The van der Waals surface area contributed by atoms with Crippen molar-refractivity contribution in [2.45, 2.75) is 82.3 Å². The SMILES string of the molecule is O=C(O)C(c1ccccc1C1CC1)N1CC[C@@H](OCCCCc2ccc3c(n2)CCCC3)C1. The smallest absolute Gasteiger partial charge is 0.325 e. The molecule has 1 saturated heterocycles. The highest BCUT2D eigenvalue weighted by Gasteiger charge is 2.37. The fourth-order valence-corrected chi connectivity index (χ4v) is 5.56. The van der Waals surface area contributed by atoms with E-state index in [9.17, 15) is 9.90 Å². The number of benzene rings is 1. The number of aryl methyl sites for hydroxylation is 3. The molecular formula is C28H36N2O3. The molecule has 1 unspecified atom stereocenters. The Hall–Kier alpha value is -2.24. The van der Waals surface area contributed by atoms with Gasteiger partial charge in [0.1, 0.15) is 6.04 Å². The van der Waals surface area contributed by atoms with Gasteiger partial charge in [0.2, 0.25) is 0 Å². The summed E-state index contributed by atoms with van der Waals surface area (Å²) in [7, 11) is 0. The van der Waals surface area contributed by atoms with Gasteiger partial charge < -0.3 is 9.84 Å². The Labute approximate surface area is 197 Å². The third kappa shape index (κ3) is 5.47. The largest absolute Gasteiger partial charge is 0.480 e. The zero-order chi connectivity index (χ0) is 22.6. The number of rotatable bonds is 10. The lowest BCUT2D eigenvalue weighted by atomic mass is 9.95. The predicted molar refractivity (Wildman–Crippen MR) is 129 cm³/mol. The quantitative estimate of drug-likeness (QED) is 0.514. The number of aliphatic carboxylic acids is 1. The van der Waals surface area contributed by atoms with Crippen LogP contribution in [0.25, 0.3) is 0 Å². The third-order valence-corrected chi connectivity index (χ3v) is 7.50. The highest BCUT2D eigenvalue weighted by atomic mass is 16.5. The molecule has 1 aliphatic heterocycles. The molecule has 1 N–H and O–H groups in total. The molecule has 3 aliphatic rings. The number of carboxylic acid groups (broad SMARTS) is 1. The minimum Gasteiger partial charge on any atom is -0.480 e. The first-order chi connectivity index (χ1) is 16.2. The lowest BCUT2D eigenvalue weighted by Gasteiger charge is -2.26. The molecule has 33 heavy (non-hydrogen) atoms. The standard InChI is InChI=1S/C28H36N2O3/c31-28(32)27(25-10-3-2-9-24(25)20-12-13-20)30-17-16-23(19-30)33-18-6-5-8-22-15-14-21-7-1-4-11-26(21)29-22/h2-3,9-10,14-15,20,23,27H,1,4-8,11-13,16-19H2,(H,31,32)/t23-,27?/m1/s1. The van der Waals surface area contributed by atoms with Crippen molar-refractivity contribution in [2.75, 3.05) is 19.7 Å². The second-order valence-electron chi connectivity index (χ2n) is 9.99. The van der Waals surface area contributed by atoms with Gasteiger partial charge in [-0.25, -0.2) is 0 Å². The van der Waals surface area contributed by atoms with Crippen LogP contribution in [0.2, 0.25) is 0 Å². The number of carbonyl (C=O) groups is 1. The maximum Gasteiger partial charge on any atom is 0.325 e. The molecular weight excluding hydrogens is 412 g/mol. The number of carboxylic acids is 1. The van der Waals surface area contributed by atoms with Crippen molar-refractivity contribution in [3.05, 3.63) is 64.5 Å². The average Bonchev–Trinajstić information content (AvgIpc) is 3.58. The van der Waals surface area contributed by atoms with Crippen molar-refractivity contribution >= 4 is 5.97 Å². The summed E-state index contributed by atoms with van der Waals surface area (Å²) >= 11 is 0. The summed E-state index contributed by atoms with van der Waals surface area (Å²) < 4.78 is 6.16. The summed E-state index contributed by atoms with van der Waals surface area (Å²) in [5, 5.41) is 10.0. The van der Waals surface area contributed by atoms with E-state index in [4.69, 9.17) is 9.72 Å². The summed E-state index contributed by atoms with van der Waals surface area (Å²) in [4.78, 5) is 19.2. The molecule has 0 amide bonds. The molecule has 0 bridgehead atoms. The molecule has 0 spiro atoms. The summed E-state index contributed by atoms with van der Waals surface area (Å²) in [6.07, 6.45) is 11.4. The molecule has 2 atom stereocenters. The van der Waals surface area contributed by atoms with E-state index in [0.29, 0.717) is 12.5 Å². The van der Waals surface area contributed by atoms with Crippen molar-refractivity contribution in [1.82, 2.24) is 9.88 Å². The first-order valence-electron chi connectivity index (χ1n) is 12.8. The van der Waals surface area contributed by atoms with Crippen molar-refractivity contribution in [3.8, 4) is 0 Å². The van der Waals surface area contributed by atoms with Crippen molar-refractivity contribution in [1.29, 1.82) is 0 Å². The molecule has 2 fully saturated rings. The van der Waals surface area contributed by atoms with Gasteiger partial charge in [0.25, 0.3) is 0 Å². The second-order valence-corrected chi connectivity index (χ2v) is 9.99. The minimum absolute atomic E-state index is 0.127. The molecule has 2 heterocycles. The first kappa shape index (κ1) is 22.5. The first-order valence-corrected chi connectivity index (χ1v) is 12.8. The van der Waals surface area contributed by atoms with Crippen molar-refractivity contribution in [2.24, 2.45) is 0 Å². The topological polar surface area (TPSA) is 62.7 Å². The van der Waals surface area contributed by atoms with E-state index in [2.05, 4.69) is 23.1 Å². The van der Waals surface area contributed by atoms with Crippen LogP contribution in [0.15, 0.2) is 36.4 Å². The van der Waals surface area contributed by atoms with Gasteiger partial charge in [0.05, 0.1) is 6.10 Å². The Balaban J connectivity index is 1.08. The van der Waals surface area contributed by atoms with Crippen LogP contribution in [0, 0.1) is 0 Å². The highest BCUT2D eigenvalue weighted by Crippen LogP contribution is 2.44. The molecule has 1 aromatic carbocycles. The van der Waals surface area contributed by atoms with Gasteiger partial charge >= 0.3 is 5.97 Å². The van der Waals surface area contributed by atoms with Crippen LogP contribution < -0.4 is 0 Å². The predicted octanol–water partition coefficient (Wildman–Crippen LogP) is 5.08. The van der Waals surface area contributed by atoms with Gasteiger partial charge in [-0.1, -0.05) is 30.3 Å². The van der Waals surface area contributed by atoms with E-state index in [1.807, 2.05) is 18.2 Å². The summed E-state index contributed by atoms with van der Waals surface area (Å²) in [5.41, 5.74) is 6.17. The number of pyridine rings is 1. The molecule has 0 radical (unpaired) electrons. The van der Waals surface area contributed by atoms with E-state index in [1.54, 1.807) is 0 Å². The Bertz CT molecular complexity index is 971. The minimum atomic E-state index is -0.749. The molecule has 1 saturated carbocycles. The number of nitrogens with zero attached hydrogens (tertiary/aromatic N) is 2. The maximum absolute atomic E-state index is 12.2. The Morgan fingerprint density at radius 1 is 1.09 bits per heavy atom. The molecule has 5 nitrogen and oxygen atoms in total. The molecule has 176 valence electrons. The fourth-order valence-electron chi connectivity index (χ4n) is 5.56. The second kappa shape index (κ2) is 10.4. The molecule has 5 heteroatoms. The van der Waals surface area contributed by atoms with Crippen LogP contribution >= 0.6 is 0 Å². The van der Waals surface area contributed by atoms with E-state index in [0.717, 1.165) is 50.8 Å². The van der Waals surface area contributed by atoms with Gasteiger partial charge in [-0.2, -0.15) is 0 Å². The van der Waals surface area contributed by atoms with Crippen LogP contribution in [0.3, 0.4) is 0 Å². The van der Waals surface area contributed by atoms with Gasteiger partial charge in [-0.05, 0) is 92.9 Å². The van der Waals surface area contributed by atoms with Crippen molar-refractivity contribution in [3.63, 3.8) is 0 Å². The lowest BCUT2D eigenvalue weighted by Crippen LogP contribution is -2.34. The van der Waals surface area contributed by atoms with E-state index < -0.39 is 12.0 Å². The van der Waals surface area contributed by atoms with Gasteiger partial charge in [-0.3, -0.25) is 14.7 Å². The van der Waals surface area contributed by atoms with Gasteiger partial charge in [0.15, 0.2) is 0 Å². The number of unbranched alkanes of at least 4 members (excludes halogenated alkanes) is 1. The molecule has 2 aromatic rings. The highest BCUT2D eigenvalue weighted by molar-refractivity contribution is 5.76. The van der Waals surface area contributed by atoms with Crippen LogP contribution in [0.4, 0.5) is 0 Å². The van der Waals surface area contributed by atoms with Crippen LogP contribution in [-0.4, -0.2) is 46.8 Å². The zero-order valence-corrected chi connectivity index (χ0v) is 19.5. The number of ether oxygens (including phenoxy) is 1. The lowest BCUT2D eigenvalue weighted by molar-refractivity contribution is -0.143. The Kier molecular flexibility index (Phi) is 7.07. The molecule has 5 rings (SSSR count). The fraction of sp³-hybridized carbons (Fsp3) is 0.571. The Morgan fingerprint density at radius 3 is 2.79 bits per heavy atom. The summed E-state index contributed by atoms with van der Waals surface area (Å²) in [6.45, 7) is 2.21. The average molecular weight is 449 g/mol. The zero-order valence-electron chi connectivity index (χ0n) is 19.5. The monoisotopic (exact) mass is 448 g/mol. The molecule has 2 aliphatic carbocycles. The van der Waals surface area contributed by atoms with E-state index >= 15 is 0 Å². The number of hydrogen-bond acceptors (Lipinski definition) is 4. The number of likely N-dealkylation sites (tertiary alicyclic amines) is 1. The Morgan fingerprint density at radius 2 is 1.94 bits per heavy atom. The van der Waals surface area contributed by atoms with Gasteiger partial charge in [-0.15, -0.1) is 0 Å². The normalized spacial score (nSPS) is 21.6. The molecule has 1 aromatic heterocycles.